The molecule has 2 aromatic heterocycles. The van der Waals surface area contributed by atoms with E-state index >= 15 is 0 Å². The van der Waals surface area contributed by atoms with Gasteiger partial charge < -0.3 is 10.4 Å². The number of nitrogens with zero attached hydrogens (tertiary/aromatic N) is 1. The Kier molecular flexibility index (Phi) is 4.04. The minimum atomic E-state index is -1.12. The largest absolute Gasteiger partial charge is 0.478 e. The number of carboxylic acid groups (broad SMARTS) is 1. The summed E-state index contributed by atoms with van der Waals surface area (Å²) < 4.78 is 0. The van der Waals surface area contributed by atoms with Crippen LogP contribution in [0.15, 0.2) is 23.7 Å². The van der Waals surface area contributed by atoms with E-state index in [0.717, 1.165) is 11.3 Å². The Morgan fingerprint density at radius 3 is 2.74 bits per heavy atom. The highest BCUT2D eigenvalue weighted by atomic mass is 35.5. The number of aromatic nitrogens is 1. The van der Waals surface area contributed by atoms with Crippen LogP contribution >= 0.6 is 34.5 Å². The Labute approximate surface area is 121 Å². The first-order valence-electron chi connectivity index (χ1n) is 4.92. The van der Waals surface area contributed by atoms with Crippen molar-refractivity contribution in [3.63, 3.8) is 0 Å². The van der Waals surface area contributed by atoms with Gasteiger partial charge in [0.15, 0.2) is 0 Å². The fourth-order valence-electron chi connectivity index (χ4n) is 1.33. The van der Waals surface area contributed by atoms with E-state index < -0.39 is 11.9 Å². The normalized spacial score (nSPS) is 10.2. The summed E-state index contributed by atoms with van der Waals surface area (Å²) in [5.41, 5.74) is 0.154. The molecule has 0 atom stereocenters. The number of nitrogens with one attached hydrogen (secondary N) is 1. The van der Waals surface area contributed by atoms with E-state index in [4.69, 9.17) is 28.3 Å². The Balaban J connectivity index is 2.28. The van der Waals surface area contributed by atoms with Gasteiger partial charge in [0.05, 0.1) is 16.1 Å². The average molecular weight is 317 g/mol. The maximum Gasteiger partial charge on any atom is 0.338 e. The maximum atomic E-state index is 12.0. The molecule has 1 amide bonds. The van der Waals surface area contributed by atoms with Gasteiger partial charge in [-0.25, -0.2) is 9.78 Å². The lowest BCUT2D eigenvalue weighted by molar-refractivity contribution is 0.0698. The standard InChI is InChI=1S/C11H6Cl2N2O3S/c12-7-4-14-8(13)3-6(7)9(16)15-10-5(11(17)18)1-2-19-10/h1-4H,(H,15,16)(H,17,18). The molecule has 2 aromatic rings. The number of rotatable bonds is 3. The quantitative estimate of drug-likeness (QED) is 0.850. The smallest absolute Gasteiger partial charge is 0.338 e. The Morgan fingerprint density at radius 2 is 2.05 bits per heavy atom. The Bertz CT molecular complexity index is 657. The molecule has 8 heteroatoms. The Morgan fingerprint density at radius 1 is 1.32 bits per heavy atom. The summed E-state index contributed by atoms with van der Waals surface area (Å²) in [5.74, 6) is -1.66. The second-order valence-electron chi connectivity index (χ2n) is 3.41. The molecule has 0 aliphatic heterocycles. The topological polar surface area (TPSA) is 79.3 Å². The predicted molar refractivity (Wildman–Crippen MR) is 73.5 cm³/mol. The number of amides is 1. The predicted octanol–water partition coefficient (Wildman–Crippen LogP) is 3.40. The molecule has 0 bridgehead atoms. The molecule has 2 rings (SSSR count). The zero-order valence-corrected chi connectivity index (χ0v) is 11.5. The van der Waals surface area contributed by atoms with Crippen LogP contribution in [0.3, 0.4) is 0 Å². The number of aromatic carboxylic acids is 1. The van der Waals surface area contributed by atoms with E-state index in [2.05, 4.69) is 10.3 Å². The molecule has 0 fully saturated rings. The van der Waals surface area contributed by atoms with Gasteiger partial charge in [0, 0.05) is 6.20 Å². The van der Waals surface area contributed by atoms with Gasteiger partial charge >= 0.3 is 5.97 Å². The molecule has 2 N–H and O–H groups in total. The minimum Gasteiger partial charge on any atom is -0.478 e. The van der Waals surface area contributed by atoms with Gasteiger partial charge in [-0.1, -0.05) is 23.2 Å². The second kappa shape index (κ2) is 5.56. The van der Waals surface area contributed by atoms with Crippen molar-refractivity contribution in [2.24, 2.45) is 0 Å². The first-order valence-corrected chi connectivity index (χ1v) is 6.56. The summed E-state index contributed by atoms with van der Waals surface area (Å²) >= 11 is 12.6. The molecule has 0 saturated heterocycles. The number of hydrogen-bond donors (Lipinski definition) is 2. The summed E-state index contributed by atoms with van der Waals surface area (Å²) in [7, 11) is 0. The summed E-state index contributed by atoms with van der Waals surface area (Å²) in [4.78, 5) is 26.6. The number of pyridine rings is 1. The number of carboxylic acids is 1. The third kappa shape index (κ3) is 3.04. The van der Waals surface area contributed by atoms with Gasteiger partial charge in [-0.05, 0) is 17.5 Å². The molecule has 0 aliphatic carbocycles. The van der Waals surface area contributed by atoms with Gasteiger partial charge in [-0.3, -0.25) is 4.79 Å². The molecule has 0 aromatic carbocycles. The molecule has 98 valence electrons. The van der Waals surface area contributed by atoms with Crippen LogP contribution in [0.4, 0.5) is 5.00 Å². The van der Waals surface area contributed by atoms with Crippen LogP contribution in [-0.2, 0) is 0 Å². The summed E-state index contributed by atoms with van der Waals surface area (Å²) in [5, 5.41) is 13.5. The Hall–Kier alpha value is -1.63. The zero-order chi connectivity index (χ0) is 14.0. The van der Waals surface area contributed by atoms with Crippen molar-refractivity contribution >= 4 is 51.4 Å². The molecule has 0 aliphatic rings. The first kappa shape index (κ1) is 13.8. The van der Waals surface area contributed by atoms with Gasteiger partial charge in [0.25, 0.3) is 5.91 Å². The lowest BCUT2D eigenvalue weighted by Gasteiger charge is -2.06. The zero-order valence-electron chi connectivity index (χ0n) is 9.18. The van der Waals surface area contributed by atoms with Crippen molar-refractivity contribution in [1.29, 1.82) is 0 Å². The fourth-order valence-corrected chi connectivity index (χ4v) is 2.45. The van der Waals surface area contributed by atoms with E-state index in [1.807, 2.05) is 0 Å². The number of carbonyl (C=O) groups excluding carboxylic acids is 1. The maximum absolute atomic E-state index is 12.0. The number of anilines is 1. The number of halogens is 2. The van der Waals surface area contributed by atoms with Crippen LogP contribution in [0.5, 0.6) is 0 Å². The molecule has 0 unspecified atom stereocenters. The van der Waals surface area contributed by atoms with E-state index in [1.54, 1.807) is 5.38 Å². The highest BCUT2D eigenvalue weighted by molar-refractivity contribution is 7.14. The van der Waals surface area contributed by atoms with Crippen molar-refractivity contribution in [1.82, 2.24) is 4.98 Å². The van der Waals surface area contributed by atoms with Crippen LogP contribution in [0, 0.1) is 0 Å². The van der Waals surface area contributed by atoms with Gasteiger partial charge in [-0.2, -0.15) is 0 Å². The van der Waals surface area contributed by atoms with Crippen molar-refractivity contribution in [2.45, 2.75) is 0 Å². The van der Waals surface area contributed by atoms with E-state index in [1.165, 1.54) is 18.3 Å². The van der Waals surface area contributed by atoms with Crippen LogP contribution in [0.25, 0.3) is 0 Å². The number of hydrogen-bond acceptors (Lipinski definition) is 4. The number of thiophene rings is 1. The highest BCUT2D eigenvalue weighted by Gasteiger charge is 2.17. The molecule has 0 radical (unpaired) electrons. The second-order valence-corrected chi connectivity index (χ2v) is 5.12. The molecule has 0 saturated carbocycles. The molecule has 2 heterocycles. The van der Waals surface area contributed by atoms with Crippen molar-refractivity contribution in [3.8, 4) is 0 Å². The summed E-state index contributed by atoms with van der Waals surface area (Å²) in [6, 6.07) is 2.72. The first-order chi connectivity index (χ1) is 8.99. The molecular weight excluding hydrogens is 311 g/mol. The average Bonchev–Trinajstić information content (AvgIpc) is 2.80. The van der Waals surface area contributed by atoms with Crippen LogP contribution in [0.2, 0.25) is 10.2 Å². The summed E-state index contributed by atoms with van der Waals surface area (Å²) in [6.45, 7) is 0. The third-order valence-corrected chi connectivity index (χ3v) is 3.53. The SMILES string of the molecule is O=C(Nc1sccc1C(=O)O)c1cc(Cl)ncc1Cl. The van der Waals surface area contributed by atoms with E-state index in [-0.39, 0.29) is 26.3 Å². The van der Waals surface area contributed by atoms with E-state index in [0.29, 0.717) is 0 Å². The lowest BCUT2D eigenvalue weighted by Crippen LogP contribution is -2.14. The monoisotopic (exact) mass is 316 g/mol. The van der Waals surface area contributed by atoms with Gasteiger partial charge in [-0.15, -0.1) is 11.3 Å². The molecule has 5 nitrogen and oxygen atoms in total. The highest BCUT2D eigenvalue weighted by Crippen LogP contribution is 2.25. The van der Waals surface area contributed by atoms with Gasteiger partial charge in [0.1, 0.15) is 10.2 Å². The fraction of sp³-hybridized carbons (Fsp3) is 0. The van der Waals surface area contributed by atoms with Crippen LogP contribution in [-0.4, -0.2) is 22.0 Å². The van der Waals surface area contributed by atoms with Gasteiger partial charge in [0.2, 0.25) is 0 Å². The summed E-state index contributed by atoms with van der Waals surface area (Å²) in [6.07, 6.45) is 1.26. The number of carbonyl (C=O) groups is 2. The van der Waals surface area contributed by atoms with Crippen LogP contribution in [0.1, 0.15) is 20.7 Å². The van der Waals surface area contributed by atoms with Crippen LogP contribution < -0.4 is 5.32 Å². The molecule has 19 heavy (non-hydrogen) atoms. The van der Waals surface area contributed by atoms with E-state index in [9.17, 15) is 9.59 Å². The third-order valence-electron chi connectivity index (χ3n) is 2.19. The van der Waals surface area contributed by atoms with Crippen molar-refractivity contribution in [3.05, 3.63) is 45.0 Å². The minimum absolute atomic E-state index is 0.0228. The van der Waals surface area contributed by atoms with Crippen molar-refractivity contribution in [2.75, 3.05) is 5.32 Å². The molecule has 0 spiro atoms. The molecular formula is C11H6Cl2N2O3S. The van der Waals surface area contributed by atoms with Crippen molar-refractivity contribution < 1.29 is 14.7 Å². The lowest BCUT2D eigenvalue weighted by atomic mass is 10.2.